The molecule has 0 spiro atoms. The average Bonchev–Trinajstić information content (AvgIpc) is 2.67. The number of methoxy groups -OCH3 is 1. The summed E-state index contributed by atoms with van der Waals surface area (Å²) in [7, 11) is 1.30. The van der Waals surface area contributed by atoms with Gasteiger partial charge < -0.3 is 15.0 Å². The normalized spacial score (nSPS) is 19.6. The van der Waals surface area contributed by atoms with Crippen molar-refractivity contribution in [3.05, 3.63) is 47.6 Å². The monoisotopic (exact) mass is 392 g/mol. The minimum Gasteiger partial charge on any atom is -0.465 e. The Bertz CT molecular complexity index is 1010. The predicted octanol–water partition coefficient (Wildman–Crippen LogP) is 3.27. The Labute approximate surface area is 169 Å². The fourth-order valence-corrected chi connectivity index (χ4v) is 3.56. The van der Waals surface area contributed by atoms with Gasteiger partial charge in [-0.25, -0.2) is 4.79 Å². The number of nitrogens with zero attached hydrogens (tertiary/aromatic N) is 2. The highest BCUT2D eigenvalue weighted by Crippen LogP contribution is 2.37. The van der Waals surface area contributed by atoms with Crippen LogP contribution in [0.4, 0.5) is 5.69 Å². The number of hydrogen-bond acceptors (Lipinski definition) is 5. The Balaban J connectivity index is 1.86. The summed E-state index contributed by atoms with van der Waals surface area (Å²) in [4.78, 5) is 31.3. The highest BCUT2D eigenvalue weighted by atomic mass is 16.5. The molecule has 3 atom stereocenters. The first-order valence-electron chi connectivity index (χ1n) is 9.55. The van der Waals surface area contributed by atoms with Crippen molar-refractivity contribution < 1.29 is 14.3 Å². The average molecular weight is 392 g/mol. The molecule has 29 heavy (non-hydrogen) atoms. The number of esters is 1. The van der Waals surface area contributed by atoms with E-state index in [0.717, 1.165) is 29.5 Å². The van der Waals surface area contributed by atoms with Crippen LogP contribution in [0.15, 0.2) is 41.5 Å². The van der Waals surface area contributed by atoms with Crippen LogP contribution >= 0.6 is 0 Å². The number of hydrogen-bond donors (Lipinski definition) is 2. The molecule has 1 aromatic carbocycles. The van der Waals surface area contributed by atoms with Crippen LogP contribution in [0.2, 0.25) is 0 Å². The van der Waals surface area contributed by atoms with E-state index < -0.39 is 5.97 Å². The van der Waals surface area contributed by atoms with Gasteiger partial charge in [0.15, 0.2) is 0 Å². The number of nitriles is 1. The third-order valence-corrected chi connectivity index (χ3v) is 5.32. The molecule has 0 bridgehead atoms. The third-order valence-electron chi connectivity index (χ3n) is 5.32. The number of H-pyrrole nitrogens is 1. The topological polar surface area (TPSA) is 107 Å². The smallest absolute Gasteiger partial charge is 0.339 e. The molecule has 1 unspecified atom stereocenters. The Morgan fingerprint density at radius 3 is 2.59 bits per heavy atom. The van der Waals surface area contributed by atoms with Gasteiger partial charge >= 0.3 is 5.97 Å². The molecule has 1 aliphatic rings. The van der Waals surface area contributed by atoms with E-state index in [1.165, 1.54) is 14.0 Å². The van der Waals surface area contributed by atoms with Crippen molar-refractivity contribution in [1.29, 1.82) is 5.26 Å². The number of carbonyl (C=O) groups is 2. The first-order valence-corrected chi connectivity index (χ1v) is 9.55. The Morgan fingerprint density at radius 2 is 2.03 bits per heavy atom. The van der Waals surface area contributed by atoms with Crippen LogP contribution in [0.25, 0.3) is 11.1 Å². The lowest BCUT2D eigenvalue weighted by Gasteiger charge is -2.34. The molecule has 0 radical (unpaired) electrons. The summed E-state index contributed by atoms with van der Waals surface area (Å²) in [5, 5.41) is 11.8. The van der Waals surface area contributed by atoms with Crippen LogP contribution < -0.4 is 10.8 Å². The standard InChI is InChI=1S/C22H24N4O3/c1-13(18-7-5-16(18)11-23)25-21-9-6-17(12-24-21)15-4-8-19(22(28)29-3)20(10-15)26-14(2)27/h4,6,8-10,12-13,16,18H,5,7H2,1-3H3,(H,24,25)(H,26,27)/t13?,16-,18-/m1/s1. The van der Waals surface area contributed by atoms with Gasteiger partial charge in [0.05, 0.1) is 36.4 Å². The summed E-state index contributed by atoms with van der Waals surface area (Å²) in [5.41, 5.74) is 3.16. The molecule has 2 aromatic rings. The molecule has 3 rings (SSSR count). The lowest BCUT2D eigenvalue weighted by atomic mass is 9.71. The van der Waals surface area contributed by atoms with Crippen molar-refractivity contribution in [1.82, 2.24) is 4.98 Å². The van der Waals surface area contributed by atoms with E-state index in [1.54, 1.807) is 18.2 Å². The number of amides is 1. The van der Waals surface area contributed by atoms with Crippen molar-refractivity contribution in [2.75, 3.05) is 12.4 Å². The van der Waals surface area contributed by atoms with Gasteiger partial charge in [-0.05, 0) is 61.1 Å². The van der Waals surface area contributed by atoms with Crippen LogP contribution in [0.3, 0.4) is 0 Å². The van der Waals surface area contributed by atoms with Crippen LogP contribution in [0.5, 0.6) is 0 Å². The molecule has 1 heterocycles. The number of anilines is 1. The Hall–Kier alpha value is -3.40. The molecular weight excluding hydrogens is 368 g/mol. The summed E-state index contributed by atoms with van der Waals surface area (Å²) in [6.07, 6.45) is 3.83. The van der Waals surface area contributed by atoms with E-state index in [9.17, 15) is 9.59 Å². The van der Waals surface area contributed by atoms with Gasteiger partial charge in [-0.3, -0.25) is 9.79 Å². The number of nitrogens with one attached hydrogen (secondary N) is 2. The van der Waals surface area contributed by atoms with Crippen molar-refractivity contribution in [3.8, 4) is 17.2 Å². The van der Waals surface area contributed by atoms with Gasteiger partial charge in [0, 0.05) is 13.1 Å². The minimum absolute atomic E-state index is 0.0845. The number of benzene rings is 1. The van der Waals surface area contributed by atoms with E-state index >= 15 is 0 Å². The molecule has 0 saturated heterocycles. The molecule has 1 aromatic heterocycles. The first kappa shape index (κ1) is 20.3. The van der Waals surface area contributed by atoms with Crippen LogP contribution in [0.1, 0.15) is 37.0 Å². The molecular formula is C22H24N4O3. The maximum atomic E-state index is 11.9. The summed E-state index contributed by atoms with van der Waals surface area (Å²) >= 11 is 0. The molecule has 2 N–H and O–H groups in total. The van der Waals surface area contributed by atoms with Crippen LogP contribution in [0, 0.1) is 23.2 Å². The highest BCUT2D eigenvalue weighted by molar-refractivity contribution is 6.01. The fourth-order valence-electron chi connectivity index (χ4n) is 3.56. The zero-order valence-electron chi connectivity index (χ0n) is 16.7. The summed E-state index contributed by atoms with van der Waals surface area (Å²) in [6.45, 7) is 3.43. The van der Waals surface area contributed by atoms with E-state index in [0.29, 0.717) is 17.2 Å². The van der Waals surface area contributed by atoms with Crippen molar-refractivity contribution >= 4 is 17.6 Å². The van der Waals surface area contributed by atoms with Gasteiger partial charge in [-0.1, -0.05) is 6.07 Å². The van der Waals surface area contributed by atoms with E-state index in [2.05, 4.69) is 16.4 Å². The van der Waals surface area contributed by atoms with E-state index in [1.807, 2.05) is 25.3 Å². The van der Waals surface area contributed by atoms with Crippen molar-refractivity contribution in [2.45, 2.75) is 32.7 Å². The second-order valence-corrected chi connectivity index (χ2v) is 7.24. The summed E-state index contributed by atoms with van der Waals surface area (Å²) < 4.78 is 4.78. The second kappa shape index (κ2) is 8.74. The number of rotatable bonds is 5. The van der Waals surface area contributed by atoms with E-state index in [4.69, 9.17) is 15.0 Å². The number of aromatic amines is 1. The van der Waals surface area contributed by atoms with Crippen LogP contribution in [-0.2, 0) is 9.53 Å². The summed E-state index contributed by atoms with van der Waals surface area (Å²) in [6, 6.07) is 11.4. The second-order valence-electron chi connectivity index (χ2n) is 7.24. The maximum absolute atomic E-state index is 11.9. The minimum atomic E-state index is -0.512. The predicted molar refractivity (Wildman–Crippen MR) is 109 cm³/mol. The summed E-state index contributed by atoms with van der Waals surface area (Å²) in [5.74, 6) is -0.358. The number of ether oxygens (including phenoxy) is 1. The lowest BCUT2D eigenvalue weighted by Crippen LogP contribution is -2.33. The Kier molecular flexibility index (Phi) is 6.13. The van der Waals surface area contributed by atoms with Gasteiger partial charge in [0.2, 0.25) is 5.91 Å². The molecule has 150 valence electrons. The fraction of sp³-hybridized carbons (Fsp3) is 0.364. The number of pyridine rings is 1. The van der Waals surface area contributed by atoms with Crippen LogP contribution in [-0.4, -0.2) is 30.0 Å². The van der Waals surface area contributed by atoms with E-state index in [-0.39, 0.29) is 17.9 Å². The first-order chi connectivity index (χ1) is 13.9. The third kappa shape index (κ3) is 4.54. The quantitative estimate of drug-likeness (QED) is 0.762. The molecule has 1 saturated carbocycles. The Morgan fingerprint density at radius 1 is 1.28 bits per heavy atom. The zero-order valence-corrected chi connectivity index (χ0v) is 16.7. The molecule has 1 fully saturated rings. The molecule has 7 nitrogen and oxygen atoms in total. The van der Waals surface area contributed by atoms with Gasteiger partial charge in [0.1, 0.15) is 5.49 Å². The maximum Gasteiger partial charge on any atom is 0.339 e. The number of aromatic nitrogens is 1. The zero-order chi connectivity index (χ0) is 21.0. The van der Waals surface area contributed by atoms with Gasteiger partial charge in [0.25, 0.3) is 0 Å². The van der Waals surface area contributed by atoms with Gasteiger partial charge in [-0.2, -0.15) is 5.26 Å². The van der Waals surface area contributed by atoms with Crippen molar-refractivity contribution in [2.24, 2.45) is 16.8 Å². The molecule has 0 aliphatic heterocycles. The highest BCUT2D eigenvalue weighted by Gasteiger charge is 2.34. The number of carbonyl (C=O) groups excluding carboxylic acids is 2. The SMILES string of the molecule is COC(=O)c1ccc(-c2cc/c(=N/C(C)[C@H]3CC[C@@H]3C#N)[nH]c2)cc1NC(C)=O. The van der Waals surface area contributed by atoms with Crippen molar-refractivity contribution in [3.63, 3.8) is 0 Å². The molecule has 1 amide bonds. The lowest BCUT2D eigenvalue weighted by molar-refractivity contribution is -0.114. The largest absolute Gasteiger partial charge is 0.465 e. The van der Waals surface area contributed by atoms with Gasteiger partial charge in [-0.15, -0.1) is 0 Å². The molecule has 7 heteroatoms. The molecule has 1 aliphatic carbocycles.